The predicted molar refractivity (Wildman–Crippen MR) is 167 cm³/mol. The number of carbonyl (C=O) groups is 2. The standard InChI is InChI=1S/C30H22ClN5O7S/c1-16-13-19(14-23-28(37)32-30(44)34(29(23)38)25-6-4-5-24(31)17(25)2)18(3)33(16)20-7-10-22(11-8-20)43-27-12-9-21(35(39)40)15-26(27)36(41)42/h4-15H,1-3H3,(H,32,37,44)/b23-14+. The van der Waals surface area contributed by atoms with Gasteiger partial charge in [0.05, 0.1) is 21.6 Å². The molecule has 1 aromatic heterocycles. The molecular weight excluding hydrogens is 610 g/mol. The van der Waals surface area contributed by atoms with Crippen molar-refractivity contribution in [3.63, 3.8) is 0 Å². The maximum atomic E-state index is 13.6. The van der Waals surface area contributed by atoms with Crippen molar-refractivity contribution in [1.29, 1.82) is 0 Å². The molecule has 0 spiro atoms. The highest BCUT2D eigenvalue weighted by molar-refractivity contribution is 7.80. The number of rotatable bonds is 7. The second-order valence-corrected chi connectivity index (χ2v) is 10.6. The largest absolute Gasteiger partial charge is 0.450 e. The Labute approximate surface area is 260 Å². The van der Waals surface area contributed by atoms with E-state index in [4.69, 9.17) is 28.6 Å². The van der Waals surface area contributed by atoms with Gasteiger partial charge in [-0.05, 0) is 98.7 Å². The van der Waals surface area contributed by atoms with Gasteiger partial charge in [0.2, 0.25) is 5.75 Å². The number of hydrogen-bond donors (Lipinski definition) is 1. The number of nitro benzene ring substituents is 2. The van der Waals surface area contributed by atoms with Crippen LogP contribution in [0.25, 0.3) is 11.8 Å². The van der Waals surface area contributed by atoms with Gasteiger partial charge < -0.3 is 9.30 Å². The van der Waals surface area contributed by atoms with E-state index in [1.165, 1.54) is 17.0 Å². The van der Waals surface area contributed by atoms with E-state index in [0.717, 1.165) is 23.5 Å². The summed E-state index contributed by atoms with van der Waals surface area (Å²) in [5, 5.41) is 25.5. The Kier molecular flexibility index (Phi) is 8.00. The van der Waals surface area contributed by atoms with Gasteiger partial charge in [0, 0.05) is 28.2 Å². The SMILES string of the molecule is Cc1c(Cl)cccc1N1C(=O)/C(=C/c2cc(C)n(-c3ccc(Oc4ccc([N+](=O)[O-])cc4[N+](=O)[O-])cc3)c2C)C(=O)NC1=S. The summed E-state index contributed by atoms with van der Waals surface area (Å²) in [7, 11) is 0. The van der Waals surface area contributed by atoms with E-state index in [-0.39, 0.29) is 22.2 Å². The first kappa shape index (κ1) is 30.1. The molecule has 14 heteroatoms. The van der Waals surface area contributed by atoms with E-state index < -0.39 is 33.0 Å². The summed E-state index contributed by atoms with van der Waals surface area (Å²) in [5.74, 6) is -1.09. The highest BCUT2D eigenvalue weighted by Crippen LogP contribution is 2.35. The summed E-state index contributed by atoms with van der Waals surface area (Å²) in [6.45, 7) is 5.45. The number of thiocarbonyl (C=S) groups is 1. The van der Waals surface area contributed by atoms with Crippen molar-refractivity contribution in [2.45, 2.75) is 20.8 Å². The van der Waals surface area contributed by atoms with Crippen molar-refractivity contribution in [2.24, 2.45) is 0 Å². The average molecular weight is 632 g/mol. The Morgan fingerprint density at radius 1 is 0.955 bits per heavy atom. The molecule has 3 aromatic carbocycles. The van der Waals surface area contributed by atoms with Crippen LogP contribution in [0.2, 0.25) is 5.02 Å². The number of nitrogens with one attached hydrogen (secondary N) is 1. The Hall–Kier alpha value is -5.40. The normalized spacial score (nSPS) is 14.1. The molecule has 4 aromatic rings. The molecule has 0 unspecified atom stereocenters. The summed E-state index contributed by atoms with van der Waals surface area (Å²) in [5.41, 5.74) is 2.90. The molecule has 1 aliphatic heterocycles. The molecule has 2 amide bonds. The third-order valence-electron chi connectivity index (χ3n) is 7.02. The van der Waals surface area contributed by atoms with Crippen LogP contribution in [0, 0.1) is 41.0 Å². The van der Waals surface area contributed by atoms with Crippen LogP contribution in [0.5, 0.6) is 11.5 Å². The third-order valence-corrected chi connectivity index (χ3v) is 7.72. The summed E-state index contributed by atoms with van der Waals surface area (Å²) in [4.78, 5) is 48.7. The average Bonchev–Trinajstić information content (AvgIpc) is 3.25. The second kappa shape index (κ2) is 11.7. The topological polar surface area (TPSA) is 150 Å². The van der Waals surface area contributed by atoms with E-state index >= 15 is 0 Å². The lowest BCUT2D eigenvalue weighted by molar-refractivity contribution is -0.394. The second-order valence-electron chi connectivity index (χ2n) is 9.77. The monoisotopic (exact) mass is 631 g/mol. The zero-order valence-corrected chi connectivity index (χ0v) is 24.9. The van der Waals surface area contributed by atoms with Crippen molar-refractivity contribution >= 4 is 63.9 Å². The molecule has 222 valence electrons. The first-order valence-corrected chi connectivity index (χ1v) is 13.7. The molecular formula is C30H22ClN5O7S. The molecule has 0 atom stereocenters. The van der Waals surface area contributed by atoms with E-state index in [1.807, 2.05) is 24.5 Å². The van der Waals surface area contributed by atoms with Crippen LogP contribution < -0.4 is 15.0 Å². The number of aryl methyl sites for hydroxylation is 1. The highest BCUT2D eigenvalue weighted by Gasteiger charge is 2.35. The number of benzene rings is 3. The van der Waals surface area contributed by atoms with Gasteiger partial charge in [-0.3, -0.25) is 40.0 Å². The van der Waals surface area contributed by atoms with Crippen LogP contribution in [0.3, 0.4) is 0 Å². The maximum absolute atomic E-state index is 13.6. The van der Waals surface area contributed by atoms with Crippen LogP contribution in [0.15, 0.2) is 72.3 Å². The first-order chi connectivity index (χ1) is 20.9. The van der Waals surface area contributed by atoms with Gasteiger partial charge >= 0.3 is 5.69 Å². The lowest BCUT2D eigenvalue weighted by Crippen LogP contribution is -2.54. The number of nitrogens with zero attached hydrogens (tertiary/aromatic N) is 4. The van der Waals surface area contributed by atoms with Crippen LogP contribution >= 0.6 is 23.8 Å². The third kappa shape index (κ3) is 5.53. The first-order valence-electron chi connectivity index (χ1n) is 12.9. The van der Waals surface area contributed by atoms with Crippen molar-refractivity contribution in [2.75, 3.05) is 4.90 Å². The lowest BCUT2D eigenvalue weighted by atomic mass is 10.1. The quantitative estimate of drug-likeness (QED) is 0.0799. The van der Waals surface area contributed by atoms with Gasteiger partial charge in [0.15, 0.2) is 5.11 Å². The molecule has 1 fully saturated rings. The summed E-state index contributed by atoms with van der Waals surface area (Å²) < 4.78 is 7.57. The van der Waals surface area contributed by atoms with Crippen LogP contribution in [0.4, 0.5) is 17.1 Å². The summed E-state index contributed by atoms with van der Waals surface area (Å²) >= 11 is 11.6. The lowest BCUT2D eigenvalue weighted by Gasteiger charge is -2.30. The van der Waals surface area contributed by atoms with E-state index in [0.29, 0.717) is 27.5 Å². The van der Waals surface area contributed by atoms with Gasteiger partial charge in [0.1, 0.15) is 11.3 Å². The number of nitro groups is 2. The van der Waals surface area contributed by atoms with Gasteiger partial charge in [-0.2, -0.15) is 0 Å². The van der Waals surface area contributed by atoms with Gasteiger partial charge in [-0.15, -0.1) is 0 Å². The number of non-ortho nitro benzene ring substituents is 1. The fraction of sp³-hybridized carbons (Fsp3) is 0.100. The number of amides is 2. The Morgan fingerprint density at radius 2 is 1.66 bits per heavy atom. The van der Waals surface area contributed by atoms with Gasteiger partial charge in [-0.1, -0.05) is 17.7 Å². The molecule has 0 saturated carbocycles. The predicted octanol–water partition coefficient (Wildman–Crippen LogP) is 6.50. The van der Waals surface area contributed by atoms with Crippen molar-refractivity contribution in [3.05, 3.63) is 120 Å². The highest BCUT2D eigenvalue weighted by atomic mass is 35.5. The molecule has 0 aliphatic carbocycles. The number of aromatic nitrogens is 1. The van der Waals surface area contributed by atoms with Crippen molar-refractivity contribution in [1.82, 2.24) is 9.88 Å². The molecule has 0 bridgehead atoms. The molecule has 2 heterocycles. The van der Waals surface area contributed by atoms with E-state index in [1.54, 1.807) is 49.4 Å². The maximum Gasteiger partial charge on any atom is 0.318 e. The number of ether oxygens (including phenoxy) is 1. The number of halogens is 1. The minimum Gasteiger partial charge on any atom is -0.450 e. The van der Waals surface area contributed by atoms with Crippen LogP contribution in [-0.2, 0) is 9.59 Å². The Balaban J connectivity index is 1.44. The van der Waals surface area contributed by atoms with E-state index in [9.17, 15) is 29.8 Å². The molecule has 1 N–H and O–H groups in total. The zero-order chi connectivity index (χ0) is 31.9. The number of carbonyl (C=O) groups excluding carboxylic acids is 2. The summed E-state index contributed by atoms with van der Waals surface area (Å²) in [6.07, 6.45) is 1.51. The molecule has 0 radical (unpaired) electrons. The van der Waals surface area contributed by atoms with E-state index in [2.05, 4.69) is 5.32 Å². The Morgan fingerprint density at radius 3 is 2.32 bits per heavy atom. The Bertz CT molecular complexity index is 1930. The van der Waals surface area contributed by atoms with Crippen molar-refractivity contribution < 1.29 is 24.2 Å². The fourth-order valence-electron chi connectivity index (χ4n) is 4.84. The fourth-order valence-corrected chi connectivity index (χ4v) is 5.28. The smallest absolute Gasteiger partial charge is 0.318 e. The molecule has 5 rings (SSSR count). The van der Waals surface area contributed by atoms with Gasteiger partial charge in [-0.25, -0.2) is 0 Å². The zero-order valence-electron chi connectivity index (χ0n) is 23.4. The van der Waals surface area contributed by atoms with Crippen LogP contribution in [-0.4, -0.2) is 31.3 Å². The minimum absolute atomic E-state index is 0.0469. The molecule has 1 saturated heterocycles. The molecule has 1 aliphatic rings. The van der Waals surface area contributed by atoms with Crippen molar-refractivity contribution in [3.8, 4) is 17.2 Å². The van der Waals surface area contributed by atoms with Gasteiger partial charge in [0.25, 0.3) is 17.5 Å². The number of anilines is 1. The molecule has 44 heavy (non-hydrogen) atoms. The molecule has 12 nitrogen and oxygen atoms in total. The minimum atomic E-state index is -0.750. The number of hydrogen-bond acceptors (Lipinski definition) is 8. The summed E-state index contributed by atoms with van der Waals surface area (Å²) in [6, 6.07) is 16.7. The van der Waals surface area contributed by atoms with Crippen LogP contribution in [0.1, 0.15) is 22.5 Å².